The van der Waals surface area contributed by atoms with E-state index in [-0.39, 0.29) is 18.1 Å². The quantitative estimate of drug-likeness (QED) is 0.698. The van der Waals surface area contributed by atoms with Crippen molar-refractivity contribution >= 4 is 11.8 Å². The monoisotopic (exact) mass is 372 g/mol. The number of carbonyl (C=O) groups is 2. The number of aliphatic hydroxyl groups is 1. The highest BCUT2D eigenvalue weighted by atomic mass is 16.3. The van der Waals surface area contributed by atoms with Crippen molar-refractivity contribution in [2.75, 3.05) is 13.1 Å². The molecular formula is C18H24N6O3. The first kappa shape index (κ1) is 19.0. The fourth-order valence-electron chi connectivity index (χ4n) is 3.12. The average molecular weight is 372 g/mol. The van der Waals surface area contributed by atoms with Crippen molar-refractivity contribution in [3.05, 3.63) is 41.7 Å². The van der Waals surface area contributed by atoms with Crippen LogP contribution in [0, 0.1) is 5.92 Å². The van der Waals surface area contributed by atoms with Gasteiger partial charge in [0.1, 0.15) is 11.4 Å². The van der Waals surface area contributed by atoms with Gasteiger partial charge in [0.2, 0.25) is 0 Å². The van der Waals surface area contributed by atoms with E-state index >= 15 is 0 Å². The van der Waals surface area contributed by atoms with Gasteiger partial charge in [0.25, 0.3) is 11.8 Å². The van der Waals surface area contributed by atoms with E-state index in [1.807, 2.05) is 0 Å². The first-order valence-electron chi connectivity index (χ1n) is 9.02. The lowest BCUT2D eigenvalue weighted by Crippen LogP contribution is -2.55. The Morgan fingerprint density at radius 2 is 2.19 bits per heavy atom. The lowest BCUT2D eigenvalue weighted by atomic mass is 10.0. The van der Waals surface area contributed by atoms with Gasteiger partial charge in [-0.15, -0.1) is 0 Å². The van der Waals surface area contributed by atoms with E-state index in [4.69, 9.17) is 0 Å². The summed E-state index contributed by atoms with van der Waals surface area (Å²) in [6.07, 6.45) is 4.69. The summed E-state index contributed by atoms with van der Waals surface area (Å²) >= 11 is 0. The van der Waals surface area contributed by atoms with Crippen molar-refractivity contribution in [2.24, 2.45) is 5.92 Å². The molecule has 0 bridgehead atoms. The third kappa shape index (κ3) is 4.68. The van der Waals surface area contributed by atoms with Crippen LogP contribution in [0.5, 0.6) is 0 Å². The van der Waals surface area contributed by atoms with E-state index in [2.05, 4.69) is 39.3 Å². The second kappa shape index (κ2) is 8.26. The van der Waals surface area contributed by atoms with Crippen LogP contribution in [0.4, 0.5) is 0 Å². The minimum absolute atomic E-state index is 0.136. The number of carbonyl (C=O) groups excluding carboxylic acids is 2. The second-order valence-electron chi connectivity index (χ2n) is 7.15. The first-order valence-corrected chi connectivity index (χ1v) is 9.02. The highest BCUT2D eigenvalue weighted by Crippen LogP contribution is 2.15. The van der Waals surface area contributed by atoms with Gasteiger partial charge in [0.05, 0.1) is 18.3 Å². The molecule has 0 unspecified atom stereocenters. The fraction of sp³-hybridized carbons (Fsp3) is 0.500. The molecule has 0 aliphatic carbocycles. The number of aromatic amines is 1. The molecule has 1 aliphatic rings. The van der Waals surface area contributed by atoms with E-state index in [0.29, 0.717) is 24.6 Å². The smallest absolute Gasteiger partial charge is 0.274 e. The zero-order valence-corrected chi connectivity index (χ0v) is 15.4. The van der Waals surface area contributed by atoms with Crippen molar-refractivity contribution in [3.8, 4) is 0 Å². The molecule has 0 radical (unpaired) electrons. The number of nitrogens with zero attached hydrogens (tertiary/aromatic N) is 4. The Morgan fingerprint density at radius 3 is 2.85 bits per heavy atom. The third-order valence-electron chi connectivity index (χ3n) is 4.46. The number of hydrogen-bond acceptors (Lipinski definition) is 6. The van der Waals surface area contributed by atoms with Gasteiger partial charge in [-0.3, -0.25) is 19.7 Å². The molecule has 1 saturated heterocycles. The molecule has 1 fully saturated rings. The standard InChI is InChI=1S/C18H24N6O3/c1-11(2)7-12-8-14(23-22-12)18(27)24-6-3-13(16(25)10-24)21-17(26)15-9-19-4-5-20-15/h4-5,8-9,11,13,16,25H,3,6-7,10H2,1-2H3,(H,21,26)(H,22,23)/t13-,16-/m1/s1. The normalized spacial score (nSPS) is 19.9. The van der Waals surface area contributed by atoms with E-state index < -0.39 is 18.1 Å². The summed E-state index contributed by atoms with van der Waals surface area (Å²) in [6, 6.07) is 1.32. The SMILES string of the molecule is CC(C)Cc1cc(C(=O)N2CC[C@@H](NC(=O)c3cnccn3)[C@H](O)C2)n[nH]1. The number of rotatable bonds is 5. The molecule has 2 aromatic rings. The van der Waals surface area contributed by atoms with Crippen molar-refractivity contribution in [1.29, 1.82) is 0 Å². The van der Waals surface area contributed by atoms with Gasteiger partial charge < -0.3 is 15.3 Å². The topological polar surface area (TPSA) is 124 Å². The summed E-state index contributed by atoms with van der Waals surface area (Å²) in [5.41, 5.74) is 1.46. The Hall–Kier alpha value is -2.81. The van der Waals surface area contributed by atoms with Crippen LogP contribution in [0.15, 0.2) is 24.7 Å². The van der Waals surface area contributed by atoms with Gasteiger partial charge >= 0.3 is 0 Å². The second-order valence-corrected chi connectivity index (χ2v) is 7.15. The predicted molar refractivity (Wildman–Crippen MR) is 96.9 cm³/mol. The molecule has 0 aromatic carbocycles. The number of amides is 2. The molecule has 3 N–H and O–H groups in total. The van der Waals surface area contributed by atoms with Crippen LogP contribution in [-0.2, 0) is 6.42 Å². The van der Waals surface area contributed by atoms with Crippen LogP contribution in [0.3, 0.4) is 0 Å². The van der Waals surface area contributed by atoms with Crippen molar-refractivity contribution in [1.82, 2.24) is 30.4 Å². The summed E-state index contributed by atoms with van der Waals surface area (Å²) in [5.74, 6) is -0.152. The van der Waals surface area contributed by atoms with Gasteiger partial charge in [-0.1, -0.05) is 13.8 Å². The number of piperidine rings is 1. The lowest BCUT2D eigenvalue weighted by molar-refractivity contribution is 0.0310. The largest absolute Gasteiger partial charge is 0.389 e. The molecule has 144 valence electrons. The minimum Gasteiger partial charge on any atom is -0.389 e. The Kier molecular flexibility index (Phi) is 5.80. The van der Waals surface area contributed by atoms with Crippen molar-refractivity contribution < 1.29 is 14.7 Å². The van der Waals surface area contributed by atoms with Crippen LogP contribution in [0.25, 0.3) is 0 Å². The molecule has 9 nitrogen and oxygen atoms in total. The fourth-order valence-corrected chi connectivity index (χ4v) is 3.12. The Bertz CT molecular complexity index is 791. The number of nitrogens with one attached hydrogen (secondary N) is 2. The molecule has 2 amide bonds. The Morgan fingerprint density at radius 1 is 1.37 bits per heavy atom. The number of H-pyrrole nitrogens is 1. The molecule has 0 saturated carbocycles. The average Bonchev–Trinajstić information content (AvgIpc) is 3.11. The zero-order chi connectivity index (χ0) is 19.4. The maximum Gasteiger partial charge on any atom is 0.274 e. The summed E-state index contributed by atoms with van der Waals surface area (Å²) in [5, 5.41) is 20.1. The van der Waals surface area contributed by atoms with E-state index in [1.165, 1.54) is 18.6 Å². The molecular weight excluding hydrogens is 348 g/mol. The Balaban J connectivity index is 1.57. The van der Waals surface area contributed by atoms with Crippen LogP contribution in [0.1, 0.15) is 46.9 Å². The predicted octanol–water partition coefficient (Wildman–Crippen LogP) is 0.404. The van der Waals surface area contributed by atoms with Gasteiger partial charge in [-0.2, -0.15) is 5.10 Å². The van der Waals surface area contributed by atoms with Gasteiger partial charge in [0.15, 0.2) is 0 Å². The summed E-state index contributed by atoms with van der Waals surface area (Å²) in [4.78, 5) is 34.1. The number of hydrogen-bond donors (Lipinski definition) is 3. The molecule has 1 aliphatic heterocycles. The van der Waals surface area contributed by atoms with E-state index in [9.17, 15) is 14.7 Å². The van der Waals surface area contributed by atoms with E-state index in [0.717, 1.165) is 12.1 Å². The number of aliphatic hydroxyl groups excluding tert-OH is 1. The van der Waals surface area contributed by atoms with Crippen molar-refractivity contribution in [3.63, 3.8) is 0 Å². The number of likely N-dealkylation sites (tertiary alicyclic amines) is 1. The summed E-state index contributed by atoms with van der Waals surface area (Å²) in [7, 11) is 0. The first-order chi connectivity index (χ1) is 12.9. The van der Waals surface area contributed by atoms with Crippen LogP contribution in [-0.4, -0.2) is 67.2 Å². The molecule has 2 aromatic heterocycles. The Labute approximate surface area is 157 Å². The highest BCUT2D eigenvalue weighted by molar-refractivity contribution is 5.93. The lowest BCUT2D eigenvalue weighted by Gasteiger charge is -2.35. The third-order valence-corrected chi connectivity index (χ3v) is 4.46. The maximum atomic E-state index is 12.6. The maximum absolute atomic E-state index is 12.6. The molecule has 9 heteroatoms. The number of aromatic nitrogens is 4. The molecule has 3 heterocycles. The minimum atomic E-state index is -0.864. The highest BCUT2D eigenvalue weighted by Gasteiger charge is 2.32. The van der Waals surface area contributed by atoms with Crippen LogP contribution < -0.4 is 5.32 Å². The number of β-amino-alcohol motifs (C(OH)–C–C–N with tert-alkyl or cyclic N) is 1. The zero-order valence-electron chi connectivity index (χ0n) is 15.4. The van der Waals surface area contributed by atoms with Gasteiger partial charge in [-0.05, 0) is 24.8 Å². The molecule has 2 atom stereocenters. The van der Waals surface area contributed by atoms with Gasteiger partial charge in [0, 0.05) is 31.2 Å². The van der Waals surface area contributed by atoms with Crippen LogP contribution in [0.2, 0.25) is 0 Å². The molecule has 27 heavy (non-hydrogen) atoms. The molecule has 0 spiro atoms. The van der Waals surface area contributed by atoms with E-state index in [1.54, 1.807) is 11.0 Å². The summed E-state index contributed by atoms with van der Waals surface area (Å²) in [6.45, 7) is 4.75. The van der Waals surface area contributed by atoms with Crippen molar-refractivity contribution in [2.45, 2.75) is 38.8 Å². The summed E-state index contributed by atoms with van der Waals surface area (Å²) < 4.78 is 0. The van der Waals surface area contributed by atoms with Crippen LogP contribution >= 0.6 is 0 Å². The molecule has 3 rings (SSSR count). The van der Waals surface area contributed by atoms with Gasteiger partial charge in [-0.25, -0.2) is 4.98 Å².